The van der Waals surface area contributed by atoms with E-state index < -0.39 is 11.7 Å². The quantitative estimate of drug-likeness (QED) is 0.756. The third kappa shape index (κ3) is 4.70. The molecule has 0 spiro atoms. The molecular weight excluding hydrogens is 397 g/mol. The lowest BCUT2D eigenvalue weighted by atomic mass is 10.1. The number of halogens is 3. The van der Waals surface area contributed by atoms with Crippen LogP contribution in [0.2, 0.25) is 0 Å². The summed E-state index contributed by atoms with van der Waals surface area (Å²) in [5.74, 6) is 1.32. The first-order valence-corrected chi connectivity index (χ1v) is 9.94. The van der Waals surface area contributed by atoms with Crippen LogP contribution in [0.3, 0.4) is 0 Å². The summed E-state index contributed by atoms with van der Waals surface area (Å²) >= 11 is 0. The predicted molar refractivity (Wildman–Crippen MR) is 104 cm³/mol. The number of nitrogens with zero attached hydrogens (tertiary/aromatic N) is 2. The van der Waals surface area contributed by atoms with Crippen molar-refractivity contribution in [3.63, 3.8) is 0 Å². The average molecular weight is 420 g/mol. The predicted octanol–water partition coefficient (Wildman–Crippen LogP) is 3.71. The largest absolute Gasteiger partial charge is 0.486 e. The summed E-state index contributed by atoms with van der Waals surface area (Å²) in [5.41, 5.74) is 0.483. The maximum Gasteiger partial charge on any atom is 0.416 e. The van der Waals surface area contributed by atoms with Gasteiger partial charge < -0.3 is 14.4 Å². The SMILES string of the molecule is O=C1CCN(Cc2ccc3c(c2)OCCO3)CCN1Cc1ccccc1C(F)(F)F. The van der Waals surface area contributed by atoms with Gasteiger partial charge in [-0.25, -0.2) is 0 Å². The molecule has 0 N–H and O–H groups in total. The van der Waals surface area contributed by atoms with Crippen LogP contribution in [0, 0.1) is 0 Å². The minimum absolute atomic E-state index is 0.0353. The fourth-order valence-electron chi connectivity index (χ4n) is 3.82. The second-order valence-electron chi connectivity index (χ2n) is 7.47. The molecule has 0 radical (unpaired) electrons. The van der Waals surface area contributed by atoms with Crippen molar-refractivity contribution >= 4 is 5.91 Å². The number of ether oxygens (including phenoxy) is 2. The number of amides is 1. The lowest BCUT2D eigenvalue weighted by Gasteiger charge is -2.24. The van der Waals surface area contributed by atoms with E-state index in [-0.39, 0.29) is 24.4 Å². The molecule has 2 aliphatic rings. The Hall–Kier alpha value is -2.74. The molecule has 4 rings (SSSR count). The minimum atomic E-state index is -4.43. The van der Waals surface area contributed by atoms with Crippen LogP contribution in [0.4, 0.5) is 13.2 Å². The van der Waals surface area contributed by atoms with Gasteiger partial charge in [0.1, 0.15) is 13.2 Å². The molecule has 2 heterocycles. The van der Waals surface area contributed by atoms with E-state index in [1.807, 2.05) is 18.2 Å². The Kier molecular flexibility index (Phi) is 5.85. The molecule has 2 aromatic carbocycles. The number of rotatable bonds is 4. The molecule has 5 nitrogen and oxygen atoms in total. The molecule has 8 heteroatoms. The number of fused-ring (bicyclic) bond motifs is 1. The molecule has 0 atom stereocenters. The molecule has 1 saturated heterocycles. The van der Waals surface area contributed by atoms with Gasteiger partial charge in [0.2, 0.25) is 5.91 Å². The summed E-state index contributed by atoms with van der Waals surface area (Å²) in [6, 6.07) is 11.2. The Balaban J connectivity index is 1.41. The zero-order valence-electron chi connectivity index (χ0n) is 16.5. The fraction of sp³-hybridized carbons (Fsp3) is 0.409. The molecule has 1 amide bonds. The zero-order valence-corrected chi connectivity index (χ0v) is 16.5. The molecule has 0 bridgehead atoms. The maximum atomic E-state index is 13.3. The molecular formula is C22H23F3N2O3. The van der Waals surface area contributed by atoms with Gasteiger partial charge in [0.15, 0.2) is 11.5 Å². The van der Waals surface area contributed by atoms with Gasteiger partial charge in [0.05, 0.1) is 5.56 Å². The number of hydrogen-bond acceptors (Lipinski definition) is 4. The number of alkyl halides is 3. The van der Waals surface area contributed by atoms with Crippen LogP contribution in [0.25, 0.3) is 0 Å². The molecule has 160 valence electrons. The average Bonchev–Trinajstić information content (AvgIpc) is 2.90. The number of carbonyl (C=O) groups is 1. The lowest BCUT2D eigenvalue weighted by Crippen LogP contribution is -2.33. The van der Waals surface area contributed by atoms with Crippen LogP contribution in [-0.4, -0.2) is 48.6 Å². The van der Waals surface area contributed by atoms with Crippen molar-refractivity contribution in [2.75, 3.05) is 32.8 Å². The van der Waals surface area contributed by atoms with Crippen molar-refractivity contribution in [1.82, 2.24) is 9.80 Å². The third-order valence-electron chi connectivity index (χ3n) is 5.38. The second-order valence-corrected chi connectivity index (χ2v) is 7.47. The monoisotopic (exact) mass is 420 g/mol. The van der Waals surface area contributed by atoms with Crippen LogP contribution in [0.15, 0.2) is 42.5 Å². The van der Waals surface area contributed by atoms with Crippen molar-refractivity contribution < 1.29 is 27.4 Å². The Labute approximate surface area is 173 Å². The van der Waals surface area contributed by atoms with E-state index in [0.29, 0.717) is 39.4 Å². The minimum Gasteiger partial charge on any atom is -0.486 e. The van der Waals surface area contributed by atoms with E-state index in [1.54, 1.807) is 6.07 Å². The molecule has 0 unspecified atom stereocenters. The molecule has 2 aromatic rings. The third-order valence-corrected chi connectivity index (χ3v) is 5.38. The maximum absolute atomic E-state index is 13.3. The van der Waals surface area contributed by atoms with Gasteiger partial charge in [-0.15, -0.1) is 0 Å². The highest BCUT2D eigenvalue weighted by atomic mass is 19.4. The highest BCUT2D eigenvalue weighted by Gasteiger charge is 2.34. The summed E-state index contributed by atoms with van der Waals surface area (Å²) in [7, 11) is 0. The highest BCUT2D eigenvalue weighted by Crippen LogP contribution is 2.33. The molecule has 2 aliphatic heterocycles. The molecule has 30 heavy (non-hydrogen) atoms. The van der Waals surface area contributed by atoms with E-state index >= 15 is 0 Å². The lowest BCUT2D eigenvalue weighted by molar-refractivity contribution is -0.139. The summed E-state index contributed by atoms with van der Waals surface area (Å²) in [4.78, 5) is 16.2. The smallest absolute Gasteiger partial charge is 0.416 e. The first kappa shape index (κ1) is 20.5. The van der Waals surface area contributed by atoms with Gasteiger partial charge in [-0.3, -0.25) is 9.69 Å². The Morgan fingerprint density at radius 2 is 1.67 bits per heavy atom. The van der Waals surface area contributed by atoms with E-state index in [4.69, 9.17) is 9.47 Å². The Morgan fingerprint density at radius 3 is 2.47 bits per heavy atom. The fourth-order valence-corrected chi connectivity index (χ4v) is 3.82. The van der Waals surface area contributed by atoms with Crippen LogP contribution < -0.4 is 9.47 Å². The van der Waals surface area contributed by atoms with E-state index in [9.17, 15) is 18.0 Å². The number of hydrogen-bond donors (Lipinski definition) is 0. The van der Waals surface area contributed by atoms with Crippen molar-refractivity contribution in [3.05, 3.63) is 59.2 Å². The van der Waals surface area contributed by atoms with Gasteiger partial charge >= 0.3 is 6.18 Å². The van der Waals surface area contributed by atoms with Gasteiger partial charge in [0.25, 0.3) is 0 Å². The normalized spacial score (nSPS) is 17.7. The van der Waals surface area contributed by atoms with Gasteiger partial charge in [-0.1, -0.05) is 24.3 Å². The first-order chi connectivity index (χ1) is 14.4. The van der Waals surface area contributed by atoms with Crippen molar-refractivity contribution in [2.45, 2.75) is 25.7 Å². The summed E-state index contributed by atoms with van der Waals surface area (Å²) in [6.07, 6.45) is -4.16. The van der Waals surface area contributed by atoms with Crippen LogP contribution in [-0.2, 0) is 24.1 Å². The highest BCUT2D eigenvalue weighted by molar-refractivity contribution is 5.76. The van der Waals surface area contributed by atoms with Crippen molar-refractivity contribution in [1.29, 1.82) is 0 Å². The van der Waals surface area contributed by atoms with Crippen molar-refractivity contribution in [2.24, 2.45) is 0 Å². The summed E-state index contributed by atoms with van der Waals surface area (Å²) < 4.78 is 51.0. The number of carbonyl (C=O) groups excluding carboxylic acids is 1. The standard InChI is InChI=1S/C22H23F3N2O3/c23-22(24,25)18-4-2-1-3-17(18)15-27-10-9-26(8-7-21(27)28)14-16-5-6-19-20(13-16)30-12-11-29-19/h1-6,13H,7-12,14-15H2. The van der Waals surface area contributed by atoms with Crippen molar-refractivity contribution in [3.8, 4) is 11.5 Å². The first-order valence-electron chi connectivity index (χ1n) is 9.94. The molecule has 0 aliphatic carbocycles. The topological polar surface area (TPSA) is 42.0 Å². The van der Waals surface area contributed by atoms with Gasteiger partial charge in [-0.05, 0) is 29.3 Å². The summed E-state index contributed by atoms with van der Waals surface area (Å²) in [5, 5.41) is 0. The van der Waals surface area contributed by atoms with E-state index in [0.717, 1.165) is 23.1 Å². The molecule has 1 fully saturated rings. The van der Waals surface area contributed by atoms with Gasteiger partial charge in [0, 0.05) is 39.1 Å². The van der Waals surface area contributed by atoms with Crippen LogP contribution >= 0.6 is 0 Å². The van der Waals surface area contributed by atoms with E-state index in [2.05, 4.69) is 4.90 Å². The van der Waals surface area contributed by atoms with Gasteiger partial charge in [-0.2, -0.15) is 13.2 Å². The summed E-state index contributed by atoms with van der Waals surface area (Å²) in [6.45, 7) is 3.19. The second kappa shape index (κ2) is 8.55. The van der Waals surface area contributed by atoms with E-state index in [1.165, 1.54) is 17.0 Å². The Bertz CT molecular complexity index is 917. The zero-order chi connectivity index (χ0) is 21.1. The van der Waals surface area contributed by atoms with Crippen LogP contribution in [0.5, 0.6) is 11.5 Å². The number of benzene rings is 2. The molecule has 0 aromatic heterocycles. The molecule has 0 saturated carbocycles. The van der Waals surface area contributed by atoms with Crippen LogP contribution in [0.1, 0.15) is 23.1 Å². The Morgan fingerprint density at radius 1 is 0.900 bits per heavy atom.